The normalized spacial score (nSPS) is 24.8. The Morgan fingerprint density at radius 2 is 0.967 bits per heavy atom. The lowest BCUT2D eigenvalue weighted by atomic mass is 9.98. The smallest absolute Gasteiger partial charge is 0.330 e. The minimum Gasteiger partial charge on any atom is -0.460 e. The van der Waals surface area contributed by atoms with Crippen LogP contribution >= 0.6 is 0 Å². The number of aliphatic hydroxyl groups is 6. The zero-order valence-electron chi connectivity index (χ0n) is 32.1. The van der Waals surface area contributed by atoms with Crippen LogP contribution in [0.3, 0.4) is 0 Å². The number of aryl methyl sites for hydroxylation is 1. The van der Waals surface area contributed by atoms with Gasteiger partial charge in [-0.1, -0.05) is 42.0 Å². The summed E-state index contributed by atoms with van der Waals surface area (Å²) < 4.78 is 32.2. The van der Waals surface area contributed by atoms with Crippen LogP contribution in [0.1, 0.15) is 16.7 Å². The van der Waals surface area contributed by atoms with E-state index in [1.807, 2.05) is 19.1 Å². The summed E-state index contributed by atoms with van der Waals surface area (Å²) in [6.07, 6.45) is -4.85. The average molecular weight is 825 g/mol. The van der Waals surface area contributed by atoms with Gasteiger partial charge in [-0.05, 0) is 83.8 Å². The molecule has 0 radical (unpaired) electrons. The van der Waals surface area contributed by atoms with Gasteiger partial charge >= 0.3 is 11.9 Å². The average Bonchev–Trinajstić information content (AvgIpc) is 3.26. The second kappa shape index (κ2) is 24.6. The molecule has 2 aliphatic rings. The van der Waals surface area contributed by atoms with E-state index < -0.39 is 86.6 Å². The molecule has 0 aliphatic carbocycles. The quantitative estimate of drug-likeness (QED) is 0.0954. The maximum absolute atomic E-state index is 12.5. The van der Waals surface area contributed by atoms with Crippen molar-refractivity contribution >= 4 is 24.1 Å². The van der Waals surface area contributed by atoms with Crippen molar-refractivity contribution < 1.29 is 68.6 Å². The predicted molar refractivity (Wildman–Crippen MR) is 216 cm³/mol. The van der Waals surface area contributed by atoms with Gasteiger partial charge in [0.05, 0.1) is 0 Å². The fourth-order valence-corrected chi connectivity index (χ4v) is 5.03. The van der Waals surface area contributed by atoms with Crippen LogP contribution in [0.2, 0.25) is 0 Å². The van der Waals surface area contributed by atoms with E-state index in [0.717, 1.165) is 23.3 Å². The lowest BCUT2D eigenvalue weighted by molar-refractivity contribution is -0.376. The molecule has 0 unspecified atom stereocenters. The van der Waals surface area contributed by atoms with Crippen molar-refractivity contribution in [3.05, 3.63) is 77.4 Å². The van der Waals surface area contributed by atoms with Crippen molar-refractivity contribution in [1.29, 1.82) is 0 Å². The summed E-state index contributed by atoms with van der Waals surface area (Å²) in [6.45, 7) is 0.739. The lowest BCUT2D eigenvalue weighted by Gasteiger charge is -2.44. The number of hydrogen-bond donors (Lipinski definition) is 6. The molecule has 0 saturated carbocycles. The first-order valence-corrected chi connectivity index (χ1v) is 18.0. The van der Waals surface area contributed by atoms with Crippen molar-refractivity contribution in [1.82, 2.24) is 0 Å². The molecule has 2 heterocycles. The van der Waals surface area contributed by atoms with Crippen LogP contribution in [0, 0.1) is 102 Å². The molecule has 308 valence electrons. The molecule has 2 fully saturated rings. The van der Waals surface area contributed by atoms with E-state index in [1.54, 1.807) is 36.4 Å². The van der Waals surface area contributed by atoms with E-state index in [0.29, 0.717) is 11.3 Å². The van der Waals surface area contributed by atoms with Crippen LogP contribution in [0.4, 0.5) is 0 Å². The van der Waals surface area contributed by atoms with Crippen molar-refractivity contribution in [3.63, 3.8) is 0 Å². The Hall–Kier alpha value is -7.22. The summed E-state index contributed by atoms with van der Waals surface area (Å²) in [5, 5.41) is 63.1. The molecule has 0 spiro atoms. The molecule has 10 atom stereocenters. The number of terminal acetylenes is 1. The molecule has 61 heavy (non-hydrogen) atoms. The van der Waals surface area contributed by atoms with Gasteiger partial charge < -0.3 is 59.1 Å². The number of esters is 2. The van der Waals surface area contributed by atoms with Gasteiger partial charge in [0, 0.05) is 53.6 Å². The lowest BCUT2D eigenvalue weighted by Crippen LogP contribution is -2.64. The van der Waals surface area contributed by atoms with Gasteiger partial charge in [0.2, 0.25) is 0 Å². The van der Waals surface area contributed by atoms with E-state index in [-0.39, 0.29) is 0 Å². The zero-order chi connectivity index (χ0) is 44.0. The first-order chi connectivity index (χ1) is 29.5. The minimum absolute atomic E-state index is 0.386. The molecule has 2 aromatic rings. The molecule has 0 aromatic heterocycles. The summed E-state index contributed by atoms with van der Waals surface area (Å²) in [7, 11) is 0. The summed E-state index contributed by atoms with van der Waals surface area (Å²) in [4.78, 5) is 24.8. The topological polar surface area (TPSA) is 211 Å². The SMILES string of the molecule is C#CC#CC#CC#CC#CC#CC#CC#COc1ccc(/C=C/C(=O)OC[C@H]2O[C@H](O[C@H]3O[C@H](COC(=O)/C=C/c4ccc(C)cc4)[C@@H](O)[C@H](O)[C@H]3O)[C@H](O)[C@@H](O)[C@@H]2O)cc1. The maximum atomic E-state index is 12.5. The standard InChI is InChI=1S/C47H36O14/c1-3-4-5-6-7-8-9-10-11-12-13-14-15-16-29-56-35-25-21-34(22-26-35)24-28-39(49)58-31-37-41(51)43(53)45(55)47(60-37)61-46-44(54)42(52)40(50)36(59-46)30-57-38(48)27-23-33-19-17-32(2)18-20-33/h1,17-28,36-37,40-47,50-55H,30-31H2,2H3/b27-23+,28-24+/t36-,37-,40-,41-,42+,43+,44-,45-,46-,47-/m1/s1. The van der Waals surface area contributed by atoms with Crippen LogP contribution in [0.5, 0.6) is 5.75 Å². The van der Waals surface area contributed by atoms with E-state index in [2.05, 4.69) is 89.0 Å². The number of carbonyl (C=O) groups excluding carboxylic acids is 2. The highest BCUT2D eigenvalue weighted by molar-refractivity contribution is 5.87. The molecule has 4 rings (SSSR count). The molecule has 2 aliphatic heterocycles. The Kier molecular flexibility index (Phi) is 18.8. The number of benzene rings is 2. The Labute approximate surface area is 352 Å². The Morgan fingerprint density at radius 3 is 1.39 bits per heavy atom. The van der Waals surface area contributed by atoms with Crippen LogP contribution < -0.4 is 4.74 Å². The first kappa shape index (κ1) is 46.5. The minimum atomic E-state index is -1.90. The Balaban J connectivity index is 1.23. The van der Waals surface area contributed by atoms with E-state index in [1.165, 1.54) is 12.2 Å². The Bertz CT molecular complexity index is 2420. The molecule has 2 aromatic carbocycles. The van der Waals surface area contributed by atoms with Gasteiger partial charge in [-0.2, -0.15) is 0 Å². The summed E-state index contributed by atoms with van der Waals surface area (Å²) >= 11 is 0. The third kappa shape index (κ3) is 15.5. The number of hydrogen-bond acceptors (Lipinski definition) is 14. The fourth-order valence-electron chi connectivity index (χ4n) is 5.03. The molecule has 6 N–H and O–H groups in total. The van der Waals surface area contributed by atoms with E-state index in [9.17, 15) is 40.2 Å². The first-order valence-electron chi connectivity index (χ1n) is 18.0. The van der Waals surface area contributed by atoms with Crippen LogP contribution in [-0.4, -0.2) is 117 Å². The van der Waals surface area contributed by atoms with Crippen molar-refractivity contribution in [2.75, 3.05) is 13.2 Å². The third-order valence-corrected chi connectivity index (χ3v) is 8.21. The summed E-state index contributed by atoms with van der Waals surface area (Å²) in [5.74, 6) is 32.7. The number of rotatable bonds is 11. The van der Waals surface area contributed by atoms with Gasteiger partial charge in [0.15, 0.2) is 12.6 Å². The second-order valence-corrected chi connectivity index (χ2v) is 12.5. The van der Waals surface area contributed by atoms with Crippen molar-refractivity contribution in [2.45, 2.75) is 68.3 Å². The van der Waals surface area contributed by atoms with E-state index >= 15 is 0 Å². The maximum Gasteiger partial charge on any atom is 0.330 e. The number of carbonyl (C=O) groups is 2. The van der Waals surface area contributed by atoms with Crippen LogP contribution in [0.15, 0.2) is 60.7 Å². The predicted octanol–water partition coefficient (Wildman–Crippen LogP) is -0.567. The number of ether oxygens (including phenoxy) is 6. The van der Waals surface area contributed by atoms with Crippen LogP contribution in [-0.2, 0) is 33.3 Å². The molecule has 0 amide bonds. The monoisotopic (exact) mass is 824 g/mol. The Morgan fingerprint density at radius 1 is 0.574 bits per heavy atom. The molecule has 14 nitrogen and oxygen atoms in total. The van der Waals surface area contributed by atoms with Gasteiger partial charge in [-0.25, -0.2) is 9.59 Å². The molecular weight excluding hydrogens is 789 g/mol. The van der Waals surface area contributed by atoms with Gasteiger partial charge in [-0.3, -0.25) is 0 Å². The van der Waals surface area contributed by atoms with Crippen molar-refractivity contribution in [3.8, 4) is 101 Å². The van der Waals surface area contributed by atoms with E-state index in [4.69, 9.17) is 34.8 Å². The third-order valence-electron chi connectivity index (χ3n) is 8.21. The van der Waals surface area contributed by atoms with Gasteiger partial charge in [-0.15, -0.1) is 6.42 Å². The second-order valence-electron chi connectivity index (χ2n) is 12.5. The highest BCUT2D eigenvalue weighted by atomic mass is 16.8. The van der Waals surface area contributed by atoms with Crippen molar-refractivity contribution in [2.24, 2.45) is 0 Å². The fraction of sp³-hybridized carbons (Fsp3) is 0.277. The largest absolute Gasteiger partial charge is 0.460 e. The van der Waals surface area contributed by atoms with Crippen LogP contribution in [0.25, 0.3) is 12.2 Å². The van der Waals surface area contributed by atoms with Gasteiger partial charge in [0.1, 0.15) is 73.9 Å². The summed E-state index contributed by atoms with van der Waals surface area (Å²) in [5.41, 5.74) is 2.35. The highest BCUT2D eigenvalue weighted by Crippen LogP contribution is 2.28. The molecular formula is C47H36O14. The van der Waals surface area contributed by atoms with Gasteiger partial charge in [0.25, 0.3) is 0 Å². The zero-order valence-corrected chi connectivity index (χ0v) is 32.1. The summed E-state index contributed by atoms with van der Waals surface area (Å²) in [6, 6.07) is 13.7. The number of aliphatic hydroxyl groups excluding tert-OH is 6. The molecule has 14 heteroatoms. The molecule has 2 saturated heterocycles. The molecule has 0 bridgehead atoms. The highest BCUT2D eigenvalue weighted by Gasteiger charge is 2.50.